The molecule has 0 saturated heterocycles. The maximum atomic E-state index is 10.9. The normalized spacial score (nSPS) is 10.2. The Morgan fingerprint density at radius 2 is 2.24 bits per heavy atom. The molecule has 0 bridgehead atoms. The molecule has 0 amide bonds. The molecule has 1 N–H and O–H groups in total. The standard InChI is InChI=1S/C14H14BrN3O3/c1-2-21-14-12(4-3-7-16-14)17-9-10-5-6-11(15)13(8-10)18(19)20/h3-8,17H,2,9H2,1H3. The molecule has 2 aromatic rings. The highest BCUT2D eigenvalue weighted by Gasteiger charge is 2.12. The number of hydrogen-bond acceptors (Lipinski definition) is 5. The lowest BCUT2D eigenvalue weighted by Crippen LogP contribution is -2.04. The predicted octanol–water partition coefficient (Wildman–Crippen LogP) is 3.76. The molecule has 0 fully saturated rings. The number of halogens is 1. The van der Waals surface area contributed by atoms with Crippen LogP contribution in [0, 0.1) is 10.1 Å². The number of nitrogens with one attached hydrogen (secondary N) is 1. The van der Waals surface area contributed by atoms with Gasteiger partial charge in [0.2, 0.25) is 5.88 Å². The first-order chi connectivity index (χ1) is 10.1. The van der Waals surface area contributed by atoms with Crippen LogP contribution in [0.5, 0.6) is 5.88 Å². The summed E-state index contributed by atoms with van der Waals surface area (Å²) in [6.45, 7) is 2.85. The van der Waals surface area contributed by atoms with Crippen molar-refractivity contribution in [3.8, 4) is 5.88 Å². The molecule has 0 radical (unpaired) electrons. The van der Waals surface area contributed by atoms with Crippen LogP contribution in [0.2, 0.25) is 0 Å². The predicted molar refractivity (Wildman–Crippen MR) is 83.5 cm³/mol. The summed E-state index contributed by atoms with van der Waals surface area (Å²) in [5, 5.41) is 14.1. The molecular formula is C14H14BrN3O3. The summed E-state index contributed by atoms with van der Waals surface area (Å²) in [7, 11) is 0. The number of benzene rings is 1. The van der Waals surface area contributed by atoms with Crippen molar-refractivity contribution in [1.82, 2.24) is 4.98 Å². The van der Waals surface area contributed by atoms with Gasteiger partial charge in [-0.2, -0.15) is 0 Å². The third-order valence-corrected chi connectivity index (χ3v) is 3.41. The summed E-state index contributed by atoms with van der Waals surface area (Å²) in [4.78, 5) is 14.6. The first-order valence-corrected chi connectivity index (χ1v) is 7.15. The van der Waals surface area contributed by atoms with Gasteiger partial charge < -0.3 is 10.1 Å². The van der Waals surface area contributed by atoms with Gasteiger partial charge in [0.25, 0.3) is 5.69 Å². The van der Waals surface area contributed by atoms with Crippen molar-refractivity contribution in [2.45, 2.75) is 13.5 Å². The van der Waals surface area contributed by atoms with Crippen LogP contribution in [0.1, 0.15) is 12.5 Å². The maximum absolute atomic E-state index is 10.9. The van der Waals surface area contributed by atoms with Gasteiger partial charge in [0.1, 0.15) is 0 Å². The molecule has 1 heterocycles. The van der Waals surface area contributed by atoms with Gasteiger partial charge in [-0.15, -0.1) is 0 Å². The zero-order chi connectivity index (χ0) is 15.2. The van der Waals surface area contributed by atoms with E-state index in [2.05, 4.69) is 26.2 Å². The highest BCUT2D eigenvalue weighted by atomic mass is 79.9. The molecule has 0 unspecified atom stereocenters. The molecule has 0 aliphatic rings. The van der Waals surface area contributed by atoms with E-state index in [0.717, 1.165) is 11.3 Å². The number of nitro benzene ring substituents is 1. The molecule has 0 saturated carbocycles. The van der Waals surface area contributed by atoms with Crippen LogP contribution in [0.25, 0.3) is 0 Å². The van der Waals surface area contributed by atoms with E-state index in [9.17, 15) is 10.1 Å². The minimum atomic E-state index is -0.413. The highest BCUT2D eigenvalue weighted by Crippen LogP contribution is 2.27. The Labute approximate surface area is 130 Å². The summed E-state index contributed by atoms with van der Waals surface area (Å²) in [6.07, 6.45) is 1.65. The van der Waals surface area contributed by atoms with Gasteiger partial charge >= 0.3 is 0 Å². The van der Waals surface area contributed by atoms with Crippen molar-refractivity contribution < 1.29 is 9.66 Å². The minimum absolute atomic E-state index is 0.0468. The lowest BCUT2D eigenvalue weighted by atomic mass is 10.2. The van der Waals surface area contributed by atoms with Gasteiger partial charge in [-0.05, 0) is 46.6 Å². The molecule has 110 valence electrons. The summed E-state index contributed by atoms with van der Waals surface area (Å²) < 4.78 is 5.88. The minimum Gasteiger partial charge on any atom is -0.476 e. The van der Waals surface area contributed by atoms with Crippen LogP contribution in [0.3, 0.4) is 0 Å². The van der Waals surface area contributed by atoms with Crippen LogP contribution in [-0.2, 0) is 6.54 Å². The number of nitro groups is 1. The Hall–Kier alpha value is -2.15. The Morgan fingerprint density at radius 3 is 2.95 bits per heavy atom. The fraction of sp³-hybridized carbons (Fsp3) is 0.214. The number of ether oxygens (including phenoxy) is 1. The smallest absolute Gasteiger partial charge is 0.283 e. The Morgan fingerprint density at radius 1 is 1.43 bits per heavy atom. The highest BCUT2D eigenvalue weighted by molar-refractivity contribution is 9.10. The summed E-state index contributed by atoms with van der Waals surface area (Å²) in [6, 6.07) is 8.68. The molecule has 2 rings (SSSR count). The molecule has 7 heteroatoms. The lowest BCUT2D eigenvalue weighted by molar-refractivity contribution is -0.385. The van der Waals surface area contributed by atoms with Gasteiger partial charge in [0.15, 0.2) is 0 Å². The fourth-order valence-electron chi connectivity index (χ4n) is 1.78. The van der Waals surface area contributed by atoms with E-state index in [1.54, 1.807) is 18.3 Å². The fourth-order valence-corrected chi connectivity index (χ4v) is 2.17. The van der Waals surface area contributed by atoms with Crippen LogP contribution in [0.4, 0.5) is 11.4 Å². The molecular weight excluding hydrogens is 338 g/mol. The van der Waals surface area contributed by atoms with E-state index >= 15 is 0 Å². The second-order valence-electron chi connectivity index (χ2n) is 4.19. The third-order valence-electron chi connectivity index (χ3n) is 2.74. The Kier molecular flexibility index (Phi) is 5.10. The molecule has 6 nitrogen and oxygen atoms in total. The van der Waals surface area contributed by atoms with Gasteiger partial charge in [0.05, 0.1) is 21.7 Å². The van der Waals surface area contributed by atoms with Gasteiger partial charge in [-0.25, -0.2) is 4.98 Å². The van der Waals surface area contributed by atoms with Crippen molar-refractivity contribution in [3.63, 3.8) is 0 Å². The first-order valence-electron chi connectivity index (χ1n) is 6.36. The molecule has 0 atom stereocenters. The quantitative estimate of drug-likeness (QED) is 0.633. The van der Waals surface area contributed by atoms with E-state index in [0.29, 0.717) is 23.5 Å². The topological polar surface area (TPSA) is 77.3 Å². The van der Waals surface area contributed by atoms with Gasteiger partial charge in [-0.3, -0.25) is 10.1 Å². The number of rotatable bonds is 6. The van der Waals surface area contributed by atoms with Gasteiger partial charge in [0, 0.05) is 18.8 Å². The molecule has 0 spiro atoms. The van der Waals surface area contributed by atoms with Crippen molar-refractivity contribution in [2.24, 2.45) is 0 Å². The number of aromatic nitrogens is 1. The zero-order valence-corrected chi connectivity index (χ0v) is 13.0. The molecule has 21 heavy (non-hydrogen) atoms. The molecule has 1 aromatic carbocycles. The van der Waals surface area contributed by atoms with Crippen molar-refractivity contribution in [3.05, 3.63) is 56.7 Å². The Balaban J connectivity index is 2.13. The monoisotopic (exact) mass is 351 g/mol. The Bertz CT molecular complexity index is 649. The largest absolute Gasteiger partial charge is 0.476 e. The summed E-state index contributed by atoms with van der Waals surface area (Å²) in [5.41, 5.74) is 1.60. The zero-order valence-electron chi connectivity index (χ0n) is 11.4. The molecule has 0 aliphatic heterocycles. The maximum Gasteiger partial charge on any atom is 0.283 e. The molecule has 1 aromatic heterocycles. The average Bonchev–Trinajstić information content (AvgIpc) is 2.47. The van der Waals surface area contributed by atoms with Crippen molar-refractivity contribution >= 4 is 27.3 Å². The SMILES string of the molecule is CCOc1ncccc1NCc1ccc(Br)c([N+](=O)[O-])c1. The van der Waals surface area contributed by atoms with Crippen LogP contribution < -0.4 is 10.1 Å². The van der Waals surface area contributed by atoms with Gasteiger partial charge in [-0.1, -0.05) is 6.07 Å². The van der Waals surface area contributed by atoms with E-state index in [-0.39, 0.29) is 5.69 Å². The van der Waals surface area contributed by atoms with E-state index in [1.165, 1.54) is 6.07 Å². The molecule has 0 aliphatic carbocycles. The van der Waals surface area contributed by atoms with E-state index < -0.39 is 4.92 Å². The van der Waals surface area contributed by atoms with Crippen LogP contribution >= 0.6 is 15.9 Å². The van der Waals surface area contributed by atoms with Crippen molar-refractivity contribution in [1.29, 1.82) is 0 Å². The number of anilines is 1. The van der Waals surface area contributed by atoms with Crippen LogP contribution in [-0.4, -0.2) is 16.5 Å². The summed E-state index contributed by atoms with van der Waals surface area (Å²) in [5.74, 6) is 0.520. The van der Waals surface area contributed by atoms with E-state index in [4.69, 9.17) is 4.74 Å². The first kappa shape index (κ1) is 15.2. The van der Waals surface area contributed by atoms with Crippen molar-refractivity contribution in [2.75, 3.05) is 11.9 Å². The lowest BCUT2D eigenvalue weighted by Gasteiger charge is -2.11. The van der Waals surface area contributed by atoms with E-state index in [1.807, 2.05) is 19.1 Å². The third kappa shape index (κ3) is 3.91. The van der Waals surface area contributed by atoms with Crippen LogP contribution in [0.15, 0.2) is 41.0 Å². The number of nitrogens with zero attached hydrogens (tertiary/aromatic N) is 2. The second-order valence-corrected chi connectivity index (χ2v) is 5.04. The average molecular weight is 352 g/mol. The number of pyridine rings is 1. The number of hydrogen-bond donors (Lipinski definition) is 1. The summed E-state index contributed by atoms with van der Waals surface area (Å²) >= 11 is 3.17. The second kappa shape index (κ2) is 7.03.